The van der Waals surface area contributed by atoms with Gasteiger partial charge in [0.25, 0.3) is 0 Å². The summed E-state index contributed by atoms with van der Waals surface area (Å²) in [6.45, 7) is 8.67. The van der Waals surface area contributed by atoms with Gasteiger partial charge in [0, 0.05) is 46.7 Å². The van der Waals surface area contributed by atoms with Gasteiger partial charge in [0.2, 0.25) is 0 Å². The average Bonchev–Trinajstić information content (AvgIpc) is 3.42. The highest BCUT2D eigenvalue weighted by molar-refractivity contribution is 5.91. The van der Waals surface area contributed by atoms with Crippen LogP contribution in [0.1, 0.15) is 94.6 Å². The fraction of sp³-hybridized carbons (Fsp3) is 0.558. The van der Waals surface area contributed by atoms with Gasteiger partial charge in [-0.2, -0.15) is 0 Å². The second-order valence-corrected chi connectivity index (χ2v) is 16.5. The minimum atomic E-state index is -2.86. The number of cyclic esters (lactones) is 1. The maximum atomic E-state index is 14.5. The van der Waals surface area contributed by atoms with E-state index in [1.54, 1.807) is 13.0 Å². The molecule has 334 valence electrons. The Kier molecular flexibility index (Phi) is 12.3. The number of rotatable bonds is 8. The summed E-state index contributed by atoms with van der Waals surface area (Å²) in [5, 5.41) is 13.6. The van der Waals surface area contributed by atoms with E-state index in [0.29, 0.717) is 0 Å². The van der Waals surface area contributed by atoms with E-state index < -0.39 is 138 Å². The molecular formula is C43H49NO18. The van der Waals surface area contributed by atoms with Crippen molar-refractivity contribution in [3.05, 3.63) is 65.5 Å². The van der Waals surface area contributed by atoms with E-state index in [-0.39, 0.29) is 16.8 Å². The summed E-state index contributed by atoms with van der Waals surface area (Å²) in [5.41, 5.74) is -10.4. The highest BCUT2D eigenvalue weighted by atomic mass is 16.7. The number of pyridine rings is 1. The molecule has 4 bridgehead atoms. The smallest absolute Gasteiger partial charge is 0.340 e. The van der Waals surface area contributed by atoms with Crippen molar-refractivity contribution in [3.63, 3.8) is 0 Å². The Labute approximate surface area is 355 Å². The summed E-state index contributed by atoms with van der Waals surface area (Å²) in [4.78, 5) is 114. The van der Waals surface area contributed by atoms with E-state index in [0.717, 1.165) is 41.5 Å². The molecule has 1 saturated heterocycles. The Hall–Kier alpha value is -5.95. The summed E-state index contributed by atoms with van der Waals surface area (Å²) >= 11 is 0. The number of hydrogen-bond donors (Lipinski definition) is 1. The molecule has 3 heterocycles. The maximum Gasteiger partial charge on any atom is 0.340 e. The van der Waals surface area contributed by atoms with Gasteiger partial charge in [0.05, 0.1) is 28.7 Å². The number of ether oxygens (including phenoxy) is 9. The first-order valence-electron chi connectivity index (χ1n) is 19.9. The van der Waals surface area contributed by atoms with Crippen LogP contribution in [-0.4, -0.2) is 124 Å². The van der Waals surface area contributed by atoms with Gasteiger partial charge in [-0.15, -0.1) is 0 Å². The first kappa shape index (κ1) is 45.6. The largest absolute Gasteiger partial charge is 0.465 e. The molecule has 2 saturated carbocycles. The highest BCUT2D eigenvalue weighted by Gasteiger charge is 2.92. The molecule has 0 amide bonds. The predicted octanol–water partition coefficient (Wildman–Crippen LogP) is 2.33. The molecule has 4 aliphatic rings. The zero-order valence-corrected chi connectivity index (χ0v) is 35.6. The van der Waals surface area contributed by atoms with Crippen LogP contribution in [0.4, 0.5) is 0 Å². The first-order chi connectivity index (χ1) is 29.0. The number of carbonyl (C=O) groups is 8. The fourth-order valence-electron chi connectivity index (χ4n) is 9.83. The number of nitrogens with zero attached hydrogens (tertiary/aromatic N) is 1. The maximum absolute atomic E-state index is 14.5. The van der Waals surface area contributed by atoms with Gasteiger partial charge in [-0.1, -0.05) is 32.0 Å². The Bertz CT molecular complexity index is 2160. The van der Waals surface area contributed by atoms with Gasteiger partial charge in [-0.3, -0.25) is 33.8 Å². The van der Waals surface area contributed by atoms with Crippen LogP contribution < -0.4 is 0 Å². The van der Waals surface area contributed by atoms with Crippen LogP contribution in [0, 0.1) is 17.3 Å². The number of hydrogen-bond acceptors (Lipinski definition) is 19. The average molecular weight is 868 g/mol. The molecule has 3 fully saturated rings. The fourth-order valence-corrected chi connectivity index (χ4v) is 9.83. The monoisotopic (exact) mass is 867 g/mol. The highest BCUT2D eigenvalue weighted by Crippen LogP contribution is 2.70. The van der Waals surface area contributed by atoms with Crippen molar-refractivity contribution in [1.82, 2.24) is 4.98 Å². The minimum Gasteiger partial charge on any atom is -0.465 e. The lowest BCUT2D eigenvalue weighted by Crippen LogP contribution is -2.89. The Balaban J connectivity index is 1.80. The molecule has 13 atom stereocenters. The van der Waals surface area contributed by atoms with Crippen LogP contribution >= 0.6 is 0 Å². The summed E-state index contributed by atoms with van der Waals surface area (Å²) in [7, 11) is 0. The molecule has 2 aliphatic carbocycles. The van der Waals surface area contributed by atoms with E-state index in [1.807, 2.05) is 0 Å². The van der Waals surface area contributed by atoms with E-state index in [4.69, 9.17) is 42.6 Å². The normalized spacial score (nSPS) is 36.0. The summed E-state index contributed by atoms with van der Waals surface area (Å²) < 4.78 is 55.4. The van der Waals surface area contributed by atoms with E-state index >= 15 is 0 Å². The molecule has 19 nitrogen and oxygen atoms in total. The second-order valence-electron chi connectivity index (χ2n) is 16.5. The third kappa shape index (κ3) is 7.43. The van der Waals surface area contributed by atoms with Crippen LogP contribution in [0.15, 0.2) is 48.7 Å². The van der Waals surface area contributed by atoms with Gasteiger partial charge >= 0.3 is 47.8 Å². The third-order valence-corrected chi connectivity index (χ3v) is 12.4. The zero-order valence-electron chi connectivity index (χ0n) is 35.6. The molecule has 2 aromatic rings. The van der Waals surface area contributed by atoms with Gasteiger partial charge in [0.1, 0.15) is 42.0 Å². The van der Waals surface area contributed by atoms with Crippen molar-refractivity contribution in [2.45, 2.75) is 122 Å². The van der Waals surface area contributed by atoms with Gasteiger partial charge < -0.3 is 47.7 Å². The number of aliphatic hydroxyl groups is 1. The van der Waals surface area contributed by atoms with Crippen molar-refractivity contribution in [2.24, 2.45) is 17.3 Å². The molecule has 2 aliphatic heterocycles. The molecule has 19 heteroatoms. The third-order valence-electron chi connectivity index (χ3n) is 12.4. The molecule has 1 N–H and O–H groups in total. The quantitative estimate of drug-likeness (QED) is 0.295. The lowest BCUT2D eigenvalue weighted by molar-refractivity contribution is -0.386. The second kappa shape index (κ2) is 16.7. The molecule has 1 spiro atoms. The van der Waals surface area contributed by atoms with Crippen molar-refractivity contribution in [2.75, 3.05) is 13.2 Å². The Morgan fingerprint density at radius 1 is 0.742 bits per heavy atom. The zero-order chi connectivity index (χ0) is 45.7. The Morgan fingerprint density at radius 3 is 1.92 bits per heavy atom. The van der Waals surface area contributed by atoms with Gasteiger partial charge in [-0.25, -0.2) is 9.59 Å². The van der Waals surface area contributed by atoms with Gasteiger partial charge in [0.15, 0.2) is 30.0 Å². The van der Waals surface area contributed by atoms with Crippen LogP contribution in [0.2, 0.25) is 0 Å². The first-order valence-corrected chi connectivity index (χ1v) is 19.9. The predicted molar refractivity (Wildman–Crippen MR) is 205 cm³/mol. The van der Waals surface area contributed by atoms with E-state index in [1.165, 1.54) is 56.4 Å². The molecule has 62 heavy (non-hydrogen) atoms. The van der Waals surface area contributed by atoms with Crippen LogP contribution in [0.3, 0.4) is 0 Å². The van der Waals surface area contributed by atoms with E-state index in [2.05, 4.69) is 4.98 Å². The van der Waals surface area contributed by atoms with Crippen LogP contribution in [-0.2, 0) is 71.4 Å². The van der Waals surface area contributed by atoms with Crippen molar-refractivity contribution >= 4 is 47.8 Å². The lowest BCUT2D eigenvalue weighted by Gasteiger charge is -2.67. The van der Waals surface area contributed by atoms with Crippen LogP contribution in [0.25, 0.3) is 0 Å². The summed E-state index contributed by atoms with van der Waals surface area (Å²) in [6, 6.07) is 10.4. The SMILES string of the molecule is CC(=O)OC[C@]12[C@H](OC(=O)c3ccccc3)[C@@H](OC(C)=O)[C@@H]3[C@@H](OC(C)=O)[C@@]14O[C@@]3(C)COC(=O)c1cccnc1[C@@H](C)[C@H](C)C(=O)O[C@@H]([C@H](OC(C)=O)[C@@H]2OC(C)=O)[C@]4(C)O. The standard InChI is InChI=1S/C43H49NO18/c1-20-21(2)37(50)60-34-32(57-24(5)47)36(59-26(7)49)42(19-54-22(3)45)35(61-38(51)27-14-11-10-12-15-27)31(56-23(4)46)29-33(58-25(6)48)43(42,41(34,9)53)62-40(29,8)18-55-39(52)28-16-13-17-44-30(20)28/h10-17,20-21,29,31-36,53H,18-19H2,1-9H3/t20-,21-,29+,31-,32-,33+,34-,35+,36-,40-,41-,42+,43-/m0/s1. The van der Waals surface area contributed by atoms with Crippen LogP contribution in [0.5, 0.6) is 0 Å². The number of benzene rings is 1. The number of esters is 8. The van der Waals surface area contributed by atoms with E-state index in [9.17, 15) is 43.5 Å². The van der Waals surface area contributed by atoms with Crippen molar-refractivity contribution in [3.8, 4) is 0 Å². The number of carbonyl (C=O) groups excluding carboxylic acids is 8. The molecule has 6 rings (SSSR count). The molecule has 0 radical (unpaired) electrons. The molecule has 0 unspecified atom stereocenters. The molecule has 1 aromatic carbocycles. The van der Waals surface area contributed by atoms with Gasteiger partial charge in [-0.05, 0) is 38.1 Å². The molecule has 1 aromatic heterocycles. The summed E-state index contributed by atoms with van der Waals surface area (Å²) in [5.74, 6) is -11.8. The topological polar surface area (TPSA) is 253 Å². The molecular weight excluding hydrogens is 818 g/mol. The summed E-state index contributed by atoms with van der Waals surface area (Å²) in [6.07, 6.45) is -10.8. The minimum absolute atomic E-state index is 0.0497. The number of aromatic nitrogens is 1. The Morgan fingerprint density at radius 2 is 1.32 bits per heavy atom. The number of fused-ring (bicyclic) bond motifs is 5. The lowest BCUT2D eigenvalue weighted by atomic mass is 9.45. The van der Waals surface area contributed by atoms with Crippen molar-refractivity contribution < 1.29 is 86.1 Å². The van der Waals surface area contributed by atoms with Crippen molar-refractivity contribution in [1.29, 1.82) is 0 Å².